The first-order valence-electron chi connectivity index (χ1n) is 7.59. The maximum Gasteiger partial charge on any atom is 0.238 e. The summed E-state index contributed by atoms with van der Waals surface area (Å²) in [4.78, 5) is 2.73. The molecule has 0 radical (unpaired) electrons. The van der Waals surface area contributed by atoms with Crippen molar-refractivity contribution in [1.82, 2.24) is 4.90 Å². The molecule has 2 aliphatic rings. The smallest absolute Gasteiger partial charge is 0.238 e. The highest BCUT2D eigenvalue weighted by atomic mass is 32.2. The van der Waals surface area contributed by atoms with Crippen molar-refractivity contribution >= 4 is 15.7 Å². The average molecular weight is 309 g/mol. The van der Waals surface area contributed by atoms with Crippen LogP contribution in [0.15, 0.2) is 23.1 Å². The molecule has 6 heteroatoms. The molecule has 21 heavy (non-hydrogen) atoms. The van der Waals surface area contributed by atoms with E-state index in [-0.39, 0.29) is 4.90 Å². The number of hydrogen-bond acceptors (Lipinski definition) is 4. The molecule has 5 nitrogen and oxygen atoms in total. The van der Waals surface area contributed by atoms with E-state index in [1.165, 1.54) is 25.8 Å². The maximum absolute atomic E-state index is 11.5. The molecule has 2 saturated heterocycles. The van der Waals surface area contributed by atoms with Crippen LogP contribution in [0.1, 0.15) is 31.2 Å². The van der Waals surface area contributed by atoms with Gasteiger partial charge in [-0.15, -0.1) is 0 Å². The monoisotopic (exact) mass is 309 g/mol. The molecule has 0 saturated carbocycles. The molecular formula is C15H23N3O2S. The van der Waals surface area contributed by atoms with Crippen molar-refractivity contribution < 1.29 is 8.42 Å². The summed E-state index contributed by atoms with van der Waals surface area (Å²) in [5, 5.41) is 8.79. The van der Waals surface area contributed by atoms with Crippen LogP contribution in [0.25, 0.3) is 0 Å². The topological polar surface area (TPSA) is 75.4 Å². The summed E-state index contributed by atoms with van der Waals surface area (Å²) in [6.45, 7) is 4.32. The molecule has 3 N–H and O–H groups in total. The van der Waals surface area contributed by atoms with Crippen molar-refractivity contribution in [2.75, 3.05) is 18.4 Å². The van der Waals surface area contributed by atoms with E-state index in [1.54, 1.807) is 12.1 Å². The Morgan fingerprint density at radius 2 is 2.05 bits per heavy atom. The molecule has 0 bridgehead atoms. The molecule has 0 aliphatic carbocycles. The Hall–Kier alpha value is -1.11. The standard InChI is InChI=1S/C15H23N3O2S/c1-11-5-6-12(21(16,19)20)10-14(11)17-13-7-9-18-8-3-2-4-15(13)18/h5-6,10,13,15,17H,2-4,7-9H2,1H3,(H2,16,19,20). The highest BCUT2D eigenvalue weighted by Crippen LogP contribution is 2.30. The van der Waals surface area contributed by atoms with E-state index in [2.05, 4.69) is 10.2 Å². The van der Waals surface area contributed by atoms with Crippen molar-refractivity contribution in [2.24, 2.45) is 5.14 Å². The quantitative estimate of drug-likeness (QED) is 0.891. The minimum atomic E-state index is -3.65. The largest absolute Gasteiger partial charge is 0.380 e. The van der Waals surface area contributed by atoms with Gasteiger partial charge in [0.2, 0.25) is 10.0 Å². The van der Waals surface area contributed by atoms with Gasteiger partial charge in [-0.25, -0.2) is 13.6 Å². The molecule has 1 aromatic carbocycles. The highest BCUT2D eigenvalue weighted by Gasteiger charge is 2.35. The van der Waals surface area contributed by atoms with Crippen LogP contribution in [0.3, 0.4) is 0 Å². The Balaban J connectivity index is 1.81. The number of nitrogens with zero attached hydrogens (tertiary/aromatic N) is 1. The van der Waals surface area contributed by atoms with E-state index >= 15 is 0 Å². The fourth-order valence-electron chi connectivity index (χ4n) is 3.55. The zero-order valence-electron chi connectivity index (χ0n) is 12.4. The number of nitrogens with one attached hydrogen (secondary N) is 1. The summed E-state index contributed by atoms with van der Waals surface area (Å²) >= 11 is 0. The number of fused-ring (bicyclic) bond motifs is 1. The van der Waals surface area contributed by atoms with E-state index in [1.807, 2.05) is 13.0 Å². The Kier molecular flexibility index (Phi) is 3.94. The minimum Gasteiger partial charge on any atom is -0.380 e. The van der Waals surface area contributed by atoms with Gasteiger partial charge in [0.15, 0.2) is 0 Å². The van der Waals surface area contributed by atoms with Crippen LogP contribution in [0, 0.1) is 6.92 Å². The van der Waals surface area contributed by atoms with Crippen molar-refractivity contribution in [3.8, 4) is 0 Å². The van der Waals surface area contributed by atoms with Gasteiger partial charge in [-0.1, -0.05) is 12.5 Å². The number of hydrogen-bond donors (Lipinski definition) is 2. The second-order valence-corrected chi connectivity index (χ2v) is 7.72. The van der Waals surface area contributed by atoms with Gasteiger partial charge in [0.05, 0.1) is 4.90 Å². The van der Waals surface area contributed by atoms with Crippen molar-refractivity contribution in [3.05, 3.63) is 23.8 Å². The average Bonchev–Trinajstić information content (AvgIpc) is 2.83. The van der Waals surface area contributed by atoms with Crippen LogP contribution < -0.4 is 10.5 Å². The normalized spacial score (nSPS) is 26.6. The van der Waals surface area contributed by atoms with Crippen molar-refractivity contribution in [1.29, 1.82) is 0 Å². The van der Waals surface area contributed by atoms with Gasteiger partial charge in [-0.3, -0.25) is 4.90 Å². The second kappa shape index (κ2) is 5.59. The van der Waals surface area contributed by atoms with Crippen molar-refractivity contribution in [2.45, 2.75) is 49.6 Å². The molecule has 3 rings (SSSR count). The molecular weight excluding hydrogens is 286 g/mol. The van der Waals surface area contributed by atoms with E-state index in [9.17, 15) is 8.42 Å². The Labute approximate surface area is 126 Å². The molecule has 2 atom stereocenters. The summed E-state index contributed by atoms with van der Waals surface area (Å²) in [5.41, 5.74) is 1.94. The lowest BCUT2D eigenvalue weighted by molar-refractivity contribution is 0.192. The van der Waals surface area contributed by atoms with Crippen LogP contribution in [0.5, 0.6) is 0 Å². The lowest BCUT2D eigenvalue weighted by atomic mass is 9.98. The van der Waals surface area contributed by atoms with E-state index in [0.717, 1.165) is 24.2 Å². The highest BCUT2D eigenvalue weighted by molar-refractivity contribution is 7.89. The molecule has 116 valence electrons. The van der Waals surface area contributed by atoms with Crippen LogP contribution >= 0.6 is 0 Å². The lowest BCUT2D eigenvalue weighted by Gasteiger charge is -2.33. The number of piperidine rings is 1. The Bertz CT molecular complexity index is 630. The predicted molar refractivity (Wildman–Crippen MR) is 83.8 cm³/mol. The third-order valence-electron chi connectivity index (χ3n) is 4.73. The summed E-state index contributed by atoms with van der Waals surface area (Å²) in [6, 6.07) is 6.03. The third kappa shape index (κ3) is 3.07. The molecule has 2 unspecified atom stereocenters. The first-order chi connectivity index (χ1) is 9.95. The number of primary sulfonamides is 1. The van der Waals surface area contributed by atoms with Crippen LogP contribution in [-0.4, -0.2) is 38.5 Å². The molecule has 1 aromatic rings. The van der Waals surface area contributed by atoms with E-state index in [4.69, 9.17) is 5.14 Å². The molecule has 2 heterocycles. The summed E-state index contributed by atoms with van der Waals surface area (Å²) in [7, 11) is -3.65. The summed E-state index contributed by atoms with van der Waals surface area (Å²) < 4.78 is 23.0. The SMILES string of the molecule is Cc1ccc(S(N)(=O)=O)cc1NC1CCN2CCCCC12. The minimum absolute atomic E-state index is 0.175. The van der Waals surface area contributed by atoms with E-state index < -0.39 is 10.0 Å². The number of nitrogens with two attached hydrogens (primary N) is 1. The molecule has 2 aliphatic heterocycles. The predicted octanol–water partition coefficient (Wildman–Crippen LogP) is 1.68. The van der Waals surface area contributed by atoms with Crippen LogP contribution in [0.2, 0.25) is 0 Å². The van der Waals surface area contributed by atoms with Gasteiger partial charge in [0.25, 0.3) is 0 Å². The summed E-state index contributed by atoms with van der Waals surface area (Å²) in [5.74, 6) is 0. The van der Waals surface area contributed by atoms with E-state index in [0.29, 0.717) is 12.1 Å². The van der Waals surface area contributed by atoms with Gasteiger partial charge in [-0.05, 0) is 50.4 Å². The van der Waals surface area contributed by atoms with Gasteiger partial charge < -0.3 is 5.32 Å². The van der Waals surface area contributed by atoms with Crippen LogP contribution in [-0.2, 0) is 10.0 Å². The van der Waals surface area contributed by atoms with Gasteiger partial charge in [0.1, 0.15) is 0 Å². The molecule has 2 fully saturated rings. The van der Waals surface area contributed by atoms with Gasteiger partial charge >= 0.3 is 0 Å². The van der Waals surface area contributed by atoms with Gasteiger partial charge in [0, 0.05) is 24.3 Å². The fraction of sp³-hybridized carbons (Fsp3) is 0.600. The van der Waals surface area contributed by atoms with Gasteiger partial charge in [-0.2, -0.15) is 0 Å². The third-order valence-corrected chi connectivity index (χ3v) is 5.65. The van der Waals surface area contributed by atoms with Crippen LogP contribution in [0.4, 0.5) is 5.69 Å². The summed E-state index contributed by atoms with van der Waals surface area (Å²) in [6.07, 6.45) is 4.92. The molecule has 0 amide bonds. The number of rotatable bonds is 3. The molecule has 0 aromatic heterocycles. The number of sulfonamides is 1. The lowest BCUT2D eigenvalue weighted by Crippen LogP contribution is -2.41. The number of anilines is 1. The number of aryl methyl sites for hydroxylation is 1. The first kappa shape index (κ1) is 14.8. The Morgan fingerprint density at radius 3 is 2.81 bits per heavy atom. The number of benzene rings is 1. The maximum atomic E-state index is 11.5. The fourth-order valence-corrected chi connectivity index (χ4v) is 4.09. The molecule has 0 spiro atoms. The first-order valence-corrected chi connectivity index (χ1v) is 9.14. The Morgan fingerprint density at radius 1 is 1.24 bits per heavy atom. The van der Waals surface area contributed by atoms with Crippen molar-refractivity contribution in [3.63, 3.8) is 0 Å². The zero-order valence-corrected chi connectivity index (χ0v) is 13.2. The zero-order chi connectivity index (χ0) is 15.0. The second-order valence-electron chi connectivity index (χ2n) is 6.16.